The van der Waals surface area contributed by atoms with Gasteiger partial charge < -0.3 is 10.2 Å². The molecule has 104 valence electrons. The van der Waals surface area contributed by atoms with Crippen molar-refractivity contribution >= 4 is 17.4 Å². The second kappa shape index (κ2) is 6.50. The SMILES string of the molecule is CC(C)CCCNc1cc(N2CCC(=O)C2)ncn1. The summed E-state index contributed by atoms with van der Waals surface area (Å²) >= 11 is 0. The lowest BCUT2D eigenvalue weighted by Crippen LogP contribution is -2.21. The molecule has 0 bridgehead atoms. The lowest BCUT2D eigenvalue weighted by molar-refractivity contribution is -0.116. The number of carbonyl (C=O) groups excluding carboxylic acids is 1. The van der Waals surface area contributed by atoms with Gasteiger partial charge in [-0.05, 0) is 18.8 Å². The summed E-state index contributed by atoms with van der Waals surface area (Å²) in [7, 11) is 0. The molecule has 0 aromatic carbocycles. The molecule has 1 saturated heterocycles. The zero-order chi connectivity index (χ0) is 13.7. The van der Waals surface area contributed by atoms with Crippen LogP contribution in [0.15, 0.2) is 12.4 Å². The van der Waals surface area contributed by atoms with E-state index in [-0.39, 0.29) is 5.78 Å². The Labute approximate surface area is 114 Å². The average molecular weight is 262 g/mol. The highest BCUT2D eigenvalue weighted by molar-refractivity contribution is 5.86. The highest BCUT2D eigenvalue weighted by atomic mass is 16.1. The normalized spacial score (nSPS) is 15.3. The third-order valence-corrected chi connectivity index (χ3v) is 3.27. The number of carbonyl (C=O) groups is 1. The van der Waals surface area contributed by atoms with Gasteiger partial charge in [-0.15, -0.1) is 0 Å². The van der Waals surface area contributed by atoms with Gasteiger partial charge >= 0.3 is 0 Å². The fraction of sp³-hybridized carbons (Fsp3) is 0.643. The van der Waals surface area contributed by atoms with Gasteiger partial charge in [0.15, 0.2) is 5.78 Å². The number of aromatic nitrogens is 2. The average Bonchev–Trinajstić information content (AvgIpc) is 2.82. The van der Waals surface area contributed by atoms with E-state index in [2.05, 4.69) is 29.1 Å². The quantitative estimate of drug-likeness (QED) is 0.796. The van der Waals surface area contributed by atoms with Crippen LogP contribution >= 0.6 is 0 Å². The molecule has 1 aromatic rings. The van der Waals surface area contributed by atoms with Crippen LogP contribution < -0.4 is 10.2 Å². The largest absolute Gasteiger partial charge is 0.370 e. The molecule has 1 fully saturated rings. The number of Topliss-reactive ketones (excluding diaryl/α,β-unsaturated/α-hetero) is 1. The van der Waals surface area contributed by atoms with Gasteiger partial charge in [-0.3, -0.25) is 4.79 Å². The van der Waals surface area contributed by atoms with Gasteiger partial charge in [-0.1, -0.05) is 13.8 Å². The third-order valence-electron chi connectivity index (χ3n) is 3.27. The number of rotatable bonds is 6. The molecule has 1 aliphatic rings. The maximum Gasteiger partial charge on any atom is 0.153 e. The molecule has 1 aromatic heterocycles. The Morgan fingerprint density at radius 1 is 1.42 bits per heavy atom. The van der Waals surface area contributed by atoms with Crippen molar-refractivity contribution in [3.8, 4) is 0 Å². The number of hydrogen-bond donors (Lipinski definition) is 1. The molecule has 5 nitrogen and oxygen atoms in total. The van der Waals surface area contributed by atoms with Gasteiger partial charge in [0.1, 0.15) is 18.0 Å². The summed E-state index contributed by atoms with van der Waals surface area (Å²) < 4.78 is 0. The smallest absolute Gasteiger partial charge is 0.153 e. The molecule has 0 aliphatic carbocycles. The summed E-state index contributed by atoms with van der Waals surface area (Å²) in [6.07, 6.45) is 4.54. The summed E-state index contributed by atoms with van der Waals surface area (Å²) in [5.74, 6) is 2.70. The highest BCUT2D eigenvalue weighted by Crippen LogP contribution is 2.18. The second-order valence-electron chi connectivity index (χ2n) is 5.43. The first-order valence-electron chi connectivity index (χ1n) is 6.97. The number of anilines is 2. The molecular formula is C14H22N4O. The Morgan fingerprint density at radius 2 is 2.26 bits per heavy atom. The number of nitrogens with one attached hydrogen (secondary N) is 1. The summed E-state index contributed by atoms with van der Waals surface area (Å²) in [6.45, 7) is 6.63. The highest BCUT2D eigenvalue weighted by Gasteiger charge is 2.20. The van der Waals surface area contributed by atoms with E-state index in [4.69, 9.17) is 0 Å². The van der Waals surface area contributed by atoms with E-state index in [1.54, 1.807) is 6.33 Å². The van der Waals surface area contributed by atoms with Crippen LogP contribution in [0.1, 0.15) is 33.1 Å². The van der Waals surface area contributed by atoms with E-state index < -0.39 is 0 Å². The van der Waals surface area contributed by atoms with Crippen molar-refractivity contribution in [1.82, 2.24) is 9.97 Å². The lowest BCUT2D eigenvalue weighted by atomic mass is 10.1. The zero-order valence-corrected chi connectivity index (χ0v) is 11.7. The Morgan fingerprint density at radius 3 is 2.95 bits per heavy atom. The van der Waals surface area contributed by atoms with Gasteiger partial charge in [0.2, 0.25) is 0 Å². The summed E-state index contributed by atoms with van der Waals surface area (Å²) in [6, 6.07) is 1.92. The molecule has 0 saturated carbocycles. The number of ketones is 1. The van der Waals surface area contributed by atoms with Crippen LogP contribution in [0, 0.1) is 5.92 Å². The number of nitrogens with zero attached hydrogens (tertiary/aromatic N) is 3. The molecule has 2 heterocycles. The Bertz CT molecular complexity index is 433. The van der Waals surface area contributed by atoms with E-state index in [9.17, 15) is 4.79 Å². The van der Waals surface area contributed by atoms with E-state index >= 15 is 0 Å². The maximum atomic E-state index is 11.3. The summed E-state index contributed by atoms with van der Waals surface area (Å²) in [4.78, 5) is 21.7. The molecule has 0 unspecified atom stereocenters. The van der Waals surface area contributed by atoms with Gasteiger partial charge in [0, 0.05) is 25.6 Å². The molecule has 0 radical (unpaired) electrons. The topological polar surface area (TPSA) is 58.1 Å². The van der Waals surface area contributed by atoms with Gasteiger partial charge in [-0.2, -0.15) is 0 Å². The Kier molecular flexibility index (Phi) is 4.71. The molecule has 1 aliphatic heterocycles. The first kappa shape index (κ1) is 13.8. The predicted octanol–water partition coefficient (Wildman–Crippen LogP) is 2.10. The minimum Gasteiger partial charge on any atom is -0.370 e. The van der Waals surface area contributed by atoms with Crippen LogP contribution in [0.4, 0.5) is 11.6 Å². The third kappa shape index (κ3) is 4.19. The standard InChI is InChI=1S/C14H22N4O/c1-11(2)4-3-6-15-13-8-14(17-10-16-13)18-7-5-12(19)9-18/h8,10-11H,3-7,9H2,1-2H3,(H,15,16,17). The van der Waals surface area contributed by atoms with Crippen LogP contribution in [-0.4, -0.2) is 35.4 Å². The maximum absolute atomic E-state index is 11.3. The van der Waals surface area contributed by atoms with Crippen molar-refractivity contribution in [3.05, 3.63) is 12.4 Å². The first-order valence-corrected chi connectivity index (χ1v) is 6.97. The fourth-order valence-corrected chi connectivity index (χ4v) is 2.17. The Balaban J connectivity index is 1.86. The monoisotopic (exact) mass is 262 g/mol. The van der Waals surface area contributed by atoms with Crippen molar-refractivity contribution < 1.29 is 4.79 Å². The van der Waals surface area contributed by atoms with E-state index in [0.717, 1.165) is 37.1 Å². The lowest BCUT2D eigenvalue weighted by Gasteiger charge is -2.16. The fourth-order valence-electron chi connectivity index (χ4n) is 2.17. The van der Waals surface area contributed by atoms with Crippen molar-refractivity contribution in [2.45, 2.75) is 33.1 Å². The van der Waals surface area contributed by atoms with Gasteiger partial charge in [0.25, 0.3) is 0 Å². The molecular weight excluding hydrogens is 240 g/mol. The van der Waals surface area contributed by atoms with E-state index in [1.807, 2.05) is 11.0 Å². The van der Waals surface area contributed by atoms with Gasteiger partial charge in [-0.25, -0.2) is 9.97 Å². The Hall–Kier alpha value is -1.65. The van der Waals surface area contributed by atoms with Crippen LogP contribution in [-0.2, 0) is 4.79 Å². The molecule has 19 heavy (non-hydrogen) atoms. The van der Waals surface area contributed by atoms with Crippen molar-refractivity contribution in [2.75, 3.05) is 29.9 Å². The minimum atomic E-state index is 0.282. The van der Waals surface area contributed by atoms with E-state index in [1.165, 1.54) is 6.42 Å². The summed E-state index contributed by atoms with van der Waals surface area (Å²) in [5.41, 5.74) is 0. The number of hydrogen-bond acceptors (Lipinski definition) is 5. The molecule has 1 N–H and O–H groups in total. The molecule has 0 spiro atoms. The molecule has 2 rings (SSSR count). The first-order chi connectivity index (χ1) is 9.15. The second-order valence-corrected chi connectivity index (χ2v) is 5.43. The van der Waals surface area contributed by atoms with Crippen LogP contribution in [0.2, 0.25) is 0 Å². The van der Waals surface area contributed by atoms with Crippen molar-refractivity contribution in [3.63, 3.8) is 0 Å². The molecule has 5 heteroatoms. The molecule has 0 amide bonds. The van der Waals surface area contributed by atoms with Crippen LogP contribution in [0.3, 0.4) is 0 Å². The molecule has 0 atom stereocenters. The zero-order valence-electron chi connectivity index (χ0n) is 11.7. The van der Waals surface area contributed by atoms with Crippen LogP contribution in [0.5, 0.6) is 0 Å². The van der Waals surface area contributed by atoms with Crippen molar-refractivity contribution in [2.24, 2.45) is 5.92 Å². The van der Waals surface area contributed by atoms with Crippen LogP contribution in [0.25, 0.3) is 0 Å². The van der Waals surface area contributed by atoms with E-state index in [0.29, 0.717) is 13.0 Å². The van der Waals surface area contributed by atoms with Crippen molar-refractivity contribution in [1.29, 1.82) is 0 Å². The van der Waals surface area contributed by atoms with Gasteiger partial charge in [0.05, 0.1) is 6.54 Å². The predicted molar refractivity (Wildman–Crippen MR) is 76.4 cm³/mol. The minimum absolute atomic E-state index is 0.282. The summed E-state index contributed by atoms with van der Waals surface area (Å²) in [5, 5.41) is 3.31.